The van der Waals surface area contributed by atoms with Crippen LogP contribution in [0.4, 0.5) is 0 Å². The zero-order valence-corrected chi connectivity index (χ0v) is 27.7. The van der Waals surface area contributed by atoms with Crippen LogP contribution in [0.5, 0.6) is 0 Å². The maximum Gasteiger partial charge on any atom is 0.164 e. The number of allylic oxidation sites excluding steroid dienone is 1. The van der Waals surface area contributed by atoms with E-state index in [1.165, 1.54) is 33.0 Å². The number of hydrogen-bond donors (Lipinski definition) is 0. The van der Waals surface area contributed by atoms with Crippen molar-refractivity contribution in [1.29, 1.82) is 0 Å². The summed E-state index contributed by atoms with van der Waals surface area (Å²) in [7, 11) is 0. The molecule has 0 saturated heterocycles. The van der Waals surface area contributed by atoms with Gasteiger partial charge >= 0.3 is 0 Å². The molecule has 9 aromatic rings. The maximum atomic E-state index is 6.77. The number of benzene rings is 7. The molecule has 240 valence electrons. The second-order valence-electron chi connectivity index (χ2n) is 13.1. The van der Waals surface area contributed by atoms with Crippen LogP contribution in [0.15, 0.2) is 174 Å². The Morgan fingerprint density at radius 3 is 1.76 bits per heavy atom. The topological polar surface area (TPSA) is 51.8 Å². The quantitative estimate of drug-likeness (QED) is 0.185. The summed E-state index contributed by atoms with van der Waals surface area (Å²) in [6, 6.07) is 57.1. The smallest absolute Gasteiger partial charge is 0.164 e. The predicted molar refractivity (Wildman–Crippen MR) is 207 cm³/mol. The van der Waals surface area contributed by atoms with Crippen molar-refractivity contribution in [3.05, 3.63) is 192 Å². The summed E-state index contributed by atoms with van der Waals surface area (Å²) in [6.45, 7) is 0. The molecule has 1 unspecified atom stereocenters. The van der Waals surface area contributed by atoms with Gasteiger partial charge in [0.05, 0.1) is 0 Å². The molecule has 0 fully saturated rings. The van der Waals surface area contributed by atoms with E-state index >= 15 is 0 Å². The summed E-state index contributed by atoms with van der Waals surface area (Å²) >= 11 is 0. The van der Waals surface area contributed by atoms with E-state index in [1.54, 1.807) is 0 Å². The minimum atomic E-state index is 0.115. The van der Waals surface area contributed by atoms with Crippen molar-refractivity contribution in [2.45, 2.75) is 12.3 Å². The van der Waals surface area contributed by atoms with Gasteiger partial charge in [-0.25, -0.2) is 15.0 Å². The van der Waals surface area contributed by atoms with E-state index in [4.69, 9.17) is 19.4 Å². The van der Waals surface area contributed by atoms with Crippen molar-refractivity contribution < 1.29 is 4.42 Å². The largest absolute Gasteiger partial charge is 0.460 e. The molecule has 4 nitrogen and oxygen atoms in total. The average Bonchev–Trinajstić information content (AvgIpc) is 3.60. The molecule has 4 heteroatoms. The van der Waals surface area contributed by atoms with E-state index < -0.39 is 0 Å². The van der Waals surface area contributed by atoms with Gasteiger partial charge in [0, 0.05) is 33.6 Å². The molecule has 0 aliphatic heterocycles. The van der Waals surface area contributed by atoms with E-state index in [0.717, 1.165) is 50.6 Å². The lowest BCUT2D eigenvalue weighted by molar-refractivity contribution is 0.516. The molecule has 2 aromatic heterocycles. The molecule has 0 spiro atoms. The van der Waals surface area contributed by atoms with E-state index in [9.17, 15) is 0 Å². The van der Waals surface area contributed by atoms with Crippen molar-refractivity contribution in [1.82, 2.24) is 15.0 Å². The van der Waals surface area contributed by atoms with E-state index in [0.29, 0.717) is 17.5 Å². The maximum absolute atomic E-state index is 6.77. The summed E-state index contributed by atoms with van der Waals surface area (Å²) in [4.78, 5) is 15.1. The number of nitrogens with zero attached hydrogens (tertiary/aromatic N) is 3. The van der Waals surface area contributed by atoms with Gasteiger partial charge in [0.15, 0.2) is 17.5 Å². The van der Waals surface area contributed by atoms with Crippen LogP contribution in [0.1, 0.15) is 34.8 Å². The van der Waals surface area contributed by atoms with Gasteiger partial charge in [-0.1, -0.05) is 158 Å². The highest BCUT2D eigenvalue weighted by molar-refractivity contribution is 6.08. The van der Waals surface area contributed by atoms with E-state index in [-0.39, 0.29) is 5.92 Å². The number of aromatic nitrogens is 3. The number of furan rings is 1. The van der Waals surface area contributed by atoms with Crippen LogP contribution in [0.3, 0.4) is 0 Å². The Balaban J connectivity index is 1.15. The first-order valence-electron chi connectivity index (χ1n) is 17.4. The highest BCUT2D eigenvalue weighted by Gasteiger charge is 2.31. The minimum absolute atomic E-state index is 0.115. The van der Waals surface area contributed by atoms with Crippen molar-refractivity contribution in [2.24, 2.45) is 0 Å². The monoisotopic (exact) mass is 653 g/mol. The normalized spacial score (nSPS) is 14.1. The Hall–Kier alpha value is -6.65. The molecule has 2 heterocycles. The molecule has 0 bridgehead atoms. The highest BCUT2D eigenvalue weighted by Crippen LogP contribution is 2.48. The fourth-order valence-corrected chi connectivity index (χ4v) is 7.65. The molecule has 1 aliphatic carbocycles. The molecule has 0 N–H and O–H groups in total. The lowest BCUT2D eigenvalue weighted by Gasteiger charge is -2.24. The molecular formula is C47H31N3O. The van der Waals surface area contributed by atoms with Gasteiger partial charge in [0.2, 0.25) is 0 Å². The second kappa shape index (κ2) is 12.0. The first kappa shape index (κ1) is 29.3. The first-order chi connectivity index (χ1) is 25.3. The average molecular weight is 654 g/mol. The van der Waals surface area contributed by atoms with Crippen LogP contribution in [0, 0.1) is 0 Å². The molecule has 0 saturated carbocycles. The molecule has 7 aromatic carbocycles. The van der Waals surface area contributed by atoms with Gasteiger partial charge in [-0.15, -0.1) is 0 Å². The van der Waals surface area contributed by atoms with E-state index in [1.807, 2.05) is 60.7 Å². The lowest BCUT2D eigenvalue weighted by atomic mass is 9.79. The van der Waals surface area contributed by atoms with Gasteiger partial charge < -0.3 is 4.42 Å². The first-order valence-corrected chi connectivity index (χ1v) is 17.4. The molecular weight excluding hydrogens is 623 g/mol. The standard InChI is InChI=1S/C47H31N3O/c1-3-14-31(15-4-1)45-48-46(32-16-5-2-6-17-32)50-47(49-45)40-28-26-38(36-19-9-10-20-37(36)40)39-27-25-35(34-24-23-30-13-7-8-18-33(30)29-34)44-43(39)41-21-11-12-22-42(41)51-44/h1-24,26-29,35H,25H2. The summed E-state index contributed by atoms with van der Waals surface area (Å²) in [6.07, 6.45) is 3.25. The summed E-state index contributed by atoms with van der Waals surface area (Å²) in [5.41, 5.74) is 8.58. The van der Waals surface area contributed by atoms with Crippen LogP contribution < -0.4 is 0 Å². The Morgan fingerprint density at radius 1 is 0.471 bits per heavy atom. The van der Waals surface area contributed by atoms with Gasteiger partial charge in [0.1, 0.15) is 11.3 Å². The summed E-state index contributed by atoms with van der Waals surface area (Å²) in [5.74, 6) is 3.08. The van der Waals surface area contributed by atoms with Crippen LogP contribution in [0.25, 0.3) is 72.3 Å². The molecule has 51 heavy (non-hydrogen) atoms. The predicted octanol–water partition coefficient (Wildman–Crippen LogP) is 11.9. The number of fused-ring (bicyclic) bond motifs is 5. The Kier molecular flexibility index (Phi) is 6.91. The second-order valence-corrected chi connectivity index (χ2v) is 13.1. The Labute approximate surface area is 295 Å². The zero-order chi connectivity index (χ0) is 33.7. The van der Waals surface area contributed by atoms with Gasteiger partial charge in [0.25, 0.3) is 0 Å². The van der Waals surface area contributed by atoms with Crippen molar-refractivity contribution >= 4 is 38.1 Å². The third-order valence-corrected chi connectivity index (χ3v) is 10.1. The number of hydrogen-bond acceptors (Lipinski definition) is 4. The SMILES string of the molecule is C1=C(c2ccc(-c3nc(-c4ccccc4)nc(-c4ccccc4)n3)c3ccccc23)c2c(oc3ccccc23)C(c2ccc3ccccc3c2)C1. The molecule has 10 rings (SSSR count). The minimum Gasteiger partial charge on any atom is -0.460 e. The van der Waals surface area contributed by atoms with Crippen LogP contribution in [0.2, 0.25) is 0 Å². The van der Waals surface area contributed by atoms with Crippen molar-refractivity contribution in [3.8, 4) is 34.2 Å². The van der Waals surface area contributed by atoms with E-state index in [2.05, 4.69) is 109 Å². The molecule has 0 amide bonds. The van der Waals surface area contributed by atoms with Crippen molar-refractivity contribution in [3.63, 3.8) is 0 Å². The Bertz CT molecular complexity index is 2720. The fraction of sp³-hybridized carbons (Fsp3) is 0.0426. The van der Waals surface area contributed by atoms with Gasteiger partial charge in [-0.2, -0.15) is 0 Å². The molecule has 1 aliphatic rings. The third kappa shape index (κ3) is 5.03. The number of para-hydroxylation sites is 1. The molecule has 0 radical (unpaired) electrons. The van der Waals surface area contributed by atoms with Gasteiger partial charge in [-0.05, 0) is 56.8 Å². The highest BCUT2D eigenvalue weighted by atomic mass is 16.3. The number of rotatable bonds is 5. The summed E-state index contributed by atoms with van der Waals surface area (Å²) < 4.78 is 6.77. The lowest BCUT2D eigenvalue weighted by Crippen LogP contribution is -2.08. The third-order valence-electron chi connectivity index (χ3n) is 10.1. The Morgan fingerprint density at radius 2 is 1.04 bits per heavy atom. The van der Waals surface area contributed by atoms with Gasteiger partial charge in [-0.3, -0.25) is 0 Å². The van der Waals surface area contributed by atoms with Crippen molar-refractivity contribution in [2.75, 3.05) is 0 Å². The van der Waals surface area contributed by atoms with Crippen LogP contribution >= 0.6 is 0 Å². The zero-order valence-electron chi connectivity index (χ0n) is 27.7. The fourth-order valence-electron chi connectivity index (χ4n) is 7.65. The summed E-state index contributed by atoms with van der Waals surface area (Å²) in [5, 5.41) is 5.85. The van der Waals surface area contributed by atoms with Crippen LogP contribution in [-0.4, -0.2) is 15.0 Å². The van der Waals surface area contributed by atoms with Crippen LogP contribution in [-0.2, 0) is 0 Å². The molecule has 1 atom stereocenters.